The minimum Gasteiger partial charge on any atom is -0.486 e. The first-order valence-electron chi connectivity index (χ1n) is 10.8. The number of methoxy groups -OCH3 is 1. The summed E-state index contributed by atoms with van der Waals surface area (Å²) in [7, 11) is 1.45. The van der Waals surface area contributed by atoms with Crippen LogP contribution in [0.3, 0.4) is 0 Å². The summed E-state index contributed by atoms with van der Waals surface area (Å²) in [5.74, 6) is -1.15. The maximum Gasteiger partial charge on any atom is 0.265 e. The zero-order chi connectivity index (χ0) is 24.4. The Labute approximate surface area is 199 Å². The van der Waals surface area contributed by atoms with Gasteiger partial charge in [0.25, 0.3) is 11.8 Å². The largest absolute Gasteiger partial charge is 0.486 e. The Bertz CT molecular complexity index is 1410. The standard InChI is InChI=1S/C26H20FN3O5/c1-33-15-35-24-21-20(25(31)30(26(21)32)13-16-7-9-17(27)10-8-16)23(19-6-4-12-29-22(19)24)34-14-18-5-2-3-11-28-18/h2-12H,13-15H2,1H3. The van der Waals surface area contributed by atoms with Gasteiger partial charge in [0.05, 0.1) is 17.8 Å². The van der Waals surface area contributed by atoms with Gasteiger partial charge in [-0.05, 0) is 42.0 Å². The van der Waals surface area contributed by atoms with Crippen molar-refractivity contribution >= 4 is 22.7 Å². The number of amides is 2. The molecule has 0 unspecified atom stereocenters. The van der Waals surface area contributed by atoms with E-state index in [2.05, 4.69) is 9.97 Å². The van der Waals surface area contributed by atoms with Gasteiger partial charge in [0.1, 0.15) is 29.3 Å². The van der Waals surface area contributed by atoms with Gasteiger partial charge in [-0.3, -0.25) is 24.5 Å². The van der Waals surface area contributed by atoms with E-state index in [0.717, 1.165) is 4.90 Å². The molecule has 0 fully saturated rings. The Hall–Kier alpha value is -4.37. The third-order valence-electron chi connectivity index (χ3n) is 5.56. The zero-order valence-electron chi connectivity index (χ0n) is 18.7. The lowest BCUT2D eigenvalue weighted by atomic mass is 10.0. The Kier molecular flexibility index (Phi) is 6.07. The minimum atomic E-state index is -0.560. The van der Waals surface area contributed by atoms with Crippen LogP contribution in [0.25, 0.3) is 10.9 Å². The average Bonchev–Trinajstić information content (AvgIpc) is 3.13. The molecular weight excluding hydrogens is 453 g/mol. The number of carbonyl (C=O) groups is 2. The van der Waals surface area contributed by atoms with Crippen LogP contribution in [0.1, 0.15) is 32.0 Å². The van der Waals surface area contributed by atoms with Crippen molar-refractivity contribution < 1.29 is 28.2 Å². The quantitative estimate of drug-likeness (QED) is 0.281. The summed E-state index contributed by atoms with van der Waals surface area (Å²) in [4.78, 5) is 36.9. The second-order valence-corrected chi connectivity index (χ2v) is 7.79. The van der Waals surface area contributed by atoms with Gasteiger partial charge in [0.15, 0.2) is 12.5 Å². The molecule has 0 N–H and O–H groups in total. The molecule has 4 aromatic rings. The van der Waals surface area contributed by atoms with Gasteiger partial charge >= 0.3 is 0 Å². The Morgan fingerprint density at radius 3 is 2.31 bits per heavy atom. The molecule has 2 aromatic carbocycles. The number of benzene rings is 2. The van der Waals surface area contributed by atoms with Gasteiger partial charge in [-0.1, -0.05) is 18.2 Å². The van der Waals surface area contributed by atoms with Gasteiger partial charge < -0.3 is 14.2 Å². The maximum atomic E-state index is 13.6. The van der Waals surface area contributed by atoms with E-state index in [1.807, 2.05) is 6.07 Å². The highest BCUT2D eigenvalue weighted by molar-refractivity contribution is 6.26. The van der Waals surface area contributed by atoms with Crippen LogP contribution >= 0.6 is 0 Å². The van der Waals surface area contributed by atoms with Gasteiger partial charge in [-0.2, -0.15) is 0 Å². The molecule has 3 heterocycles. The average molecular weight is 473 g/mol. The number of imide groups is 1. The van der Waals surface area contributed by atoms with Crippen LogP contribution in [0, 0.1) is 5.82 Å². The molecule has 0 radical (unpaired) electrons. The first-order chi connectivity index (χ1) is 17.1. The van der Waals surface area contributed by atoms with Crippen molar-refractivity contribution in [1.29, 1.82) is 0 Å². The smallest absolute Gasteiger partial charge is 0.265 e. The predicted molar refractivity (Wildman–Crippen MR) is 123 cm³/mol. The number of pyridine rings is 2. The van der Waals surface area contributed by atoms with Crippen molar-refractivity contribution in [2.45, 2.75) is 13.2 Å². The van der Waals surface area contributed by atoms with Gasteiger partial charge in [0, 0.05) is 24.9 Å². The first kappa shape index (κ1) is 22.4. The van der Waals surface area contributed by atoms with Crippen LogP contribution in [-0.4, -0.2) is 40.6 Å². The van der Waals surface area contributed by atoms with E-state index in [4.69, 9.17) is 14.2 Å². The van der Waals surface area contributed by atoms with Crippen molar-refractivity contribution in [2.24, 2.45) is 0 Å². The zero-order valence-corrected chi connectivity index (χ0v) is 18.7. The molecule has 0 aliphatic carbocycles. The molecule has 0 bridgehead atoms. The molecule has 2 aromatic heterocycles. The number of fused-ring (bicyclic) bond motifs is 2. The molecule has 1 aliphatic rings. The topological polar surface area (TPSA) is 90.8 Å². The van der Waals surface area contributed by atoms with Crippen molar-refractivity contribution in [3.8, 4) is 11.5 Å². The number of aromatic nitrogens is 2. The fraction of sp³-hybridized carbons (Fsp3) is 0.154. The van der Waals surface area contributed by atoms with Gasteiger partial charge in [-0.25, -0.2) is 4.39 Å². The number of hydrogen-bond donors (Lipinski definition) is 0. The second kappa shape index (κ2) is 9.47. The predicted octanol–water partition coefficient (Wildman–Crippen LogP) is 4.13. The summed E-state index contributed by atoms with van der Waals surface area (Å²) in [5, 5.41) is 0.512. The fourth-order valence-electron chi connectivity index (χ4n) is 3.97. The molecule has 9 heteroatoms. The van der Waals surface area contributed by atoms with Crippen molar-refractivity contribution in [3.05, 3.63) is 95.2 Å². The first-order valence-corrected chi connectivity index (χ1v) is 10.8. The lowest BCUT2D eigenvalue weighted by Gasteiger charge is -2.16. The lowest BCUT2D eigenvalue weighted by Crippen LogP contribution is -2.29. The molecule has 0 saturated heterocycles. The molecule has 176 valence electrons. The molecule has 8 nitrogen and oxygen atoms in total. The highest BCUT2D eigenvalue weighted by Crippen LogP contribution is 2.44. The number of carbonyl (C=O) groups excluding carboxylic acids is 2. The number of nitrogens with zero attached hydrogens (tertiary/aromatic N) is 3. The van der Waals surface area contributed by atoms with E-state index in [1.165, 1.54) is 31.4 Å². The Morgan fingerprint density at radius 1 is 0.857 bits per heavy atom. The van der Waals surface area contributed by atoms with Crippen LogP contribution in [-0.2, 0) is 17.9 Å². The molecule has 35 heavy (non-hydrogen) atoms. The van der Waals surface area contributed by atoms with Crippen molar-refractivity contribution in [2.75, 3.05) is 13.9 Å². The van der Waals surface area contributed by atoms with Crippen molar-refractivity contribution in [3.63, 3.8) is 0 Å². The molecule has 2 amide bonds. The highest BCUT2D eigenvalue weighted by Gasteiger charge is 2.43. The molecule has 1 aliphatic heterocycles. The van der Waals surface area contributed by atoms with Crippen LogP contribution in [0.5, 0.6) is 11.5 Å². The number of ether oxygens (including phenoxy) is 3. The molecule has 0 atom stereocenters. The number of hydrogen-bond acceptors (Lipinski definition) is 7. The number of rotatable bonds is 8. The van der Waals surface area contributed by atoms with Gasteiger partial charge in [0.2, 0.25) is 0 Å². The highest BCUT2D eigenvalue weighted by atomic mass is 19.1. The van der Waals surface area contributed by atoms with E-state index >= 15 is 0 Å². The molecule has 5 rings (SSSR count). The molecule has 0 saturated carbocycles. The summed E-state index contributed by atoms with van der Waals surface area (Å²) in [5.41, 5.74) is 1.75. The van der Waals surface area contributed by atoms with E-state index in [0.29, 0.717) is 22.2 Å². The SMILES string of the molecule is COCOc1c2c(c(OCc3ccccn3)c3cccnc13)C(=O)N(Cc1ccc(F)cc1)C2=O. The van der Waals surface area contributed by atoms with Crippen LogP contribution in [0.2, 0.25) is 0 Å². The Balaban J connectivity index is 1.64. The summed E-state index contributed by atoms with van der Waals surface area (Å²) in [6.07, 6.45) is 3.21. The van der Waals surface area contributed by atoms with E-state index < -0.39 is 17.6 Å². The summed E-state index contributed by atoms with van der Waals surface area (Å²) >= 11 is 0. The monoisotopic (exact) mass is 473 g/mol. The summed E-state index contributed by atoms with van der Waals surface area (Å²) in [6.45, 7) is -0.111. The van der Waals surface area contributed by atoms with Crippen LogP contribution in [0.15, 0.2) is 67.0 Å². The molecule has 0 spiro atoms. The van der Waals surface area contributed by atoms with E-state index in [-0.39, 0.29) is 42.6 Å². The summed E-state index contributed by atoms with van der Waals surface area (Å²) < 4.78 is 30.3. The minimum absolute atomic E-state index is 0.0419. The Morgan fingerprint density at radius 2 is 1.60 bits per heavy atom. The third kappa shape index (κ3) is 4.17. The second-order valence-electron chi connectivity index (χ2n) is 7.79. The molecular formula is C26H20FN3O5. The fourth-order valence-corrected chi connectivity index (χ4v) is 3.97. The maximum absolute atomic E-state index is 13.6. The van der Waals surface area contributed by atoms with E-state index in [1.54, 1.807) is 36.7 Å². The van der Waals surface area contributed by atoms with E-state index in [9.17, 15) is 14.0 Å². The summed E-state index contributed by atoms with van der Waals surface area (Å²) in [6, 6.07) is 14.5. The normalized spacial score (nSPS) is 12.8. The van der Waals surface area contributed by atoms with Gasteiger partial charge in [-0.15, -0.1) is 0 Å². The van der Waals surface area contributed by atoms with Crippen LogP contribution in [0.4, 0.5) is 4.39 Å². The lowest BCUT2D eigenvalue weighted by molar-refractivity contribution is 0.0505. The van der Waals surface area contributed by atoms with Crippen LogP contribution < -0.4 is 9.47 Å². The third-order valence-corrected chi connectivity index (χ3v) is 5.56. The number of halogens is 1. The van der Waals surface area contributed by atoms with Crippen molar-refractivity contribution in [1.82, 2.24) is 14.9 Å².